The highest BCUT2D eigenvalue weighted by molar-refractivity contribution is 5.78. The molecule has 3 saturated heterocycles. The van der Waals surface area contributed by atoms with E-state index in [1.165, 1.54) is 32.1 Å². The third kappa shape index (κ3) is 2.65. The minimum Gasteiger partial charge on any atom is -0.342 e. The first kappa shape index (κ1) is 14.5. The molecule has 3 heterocycles. The zero-order chi connectivity index (χ0) is 15.1. The molecular weight excluding hydrogens is 276 g/mol. The molecule has 0 aromatic rings. The van der Waals surface area contributed by atoms with Gasteiger partial charge in [-0.05, 0) is 49.9 Å². The Hall–Kier alpha value is -1.06. The summed E-state index contributed by atoms with van der Waals surface area (Å²) >= 11 is 0. The minimum atomic E-state index is 0.358. The molecule has 122 valence electrons. The third-order valence-electron chi connectivity index (χ3n) is 6.47. The SMILES string of the molecule is O=C(CC1CCCC1)N1CC2CC(C1)[C@H]1CCCC(=O)N1C2. The van der Waals surface area contributed by atoms with Crippen LogP contribution < -0.4 is 0 Å². The van der Waals surface area contributed by atoms with Gasteiger partial charge < -0.3 is 9.80 Å². The van der Waals surface area contributed by atoms with Crippen LogP contribution in [0.2, 0.25) is 0 Å². The third-order valence-corrected chi connectivity index (χ3v) is 6.47. The van der Waals surface area contributed by atoms with Gasteiger partial charge in [0.1, 0.15) is 0 Å². The smallest absolute Gasteiger partial charge is 0.222 e. The first-order valence-electron chi connectivity index (χ1n) is 9.28. The van der Waals surface area contributed by atoms with Gasteiger partial charge in [-0.25, -0.2) is 0 Å². The second-order valence-corrected chi connectivity index (χ2v) is 8.02. The number of rotatable bonds is 2. The van der Waals surface area contributed by atoms with Crippen molar-refractivity contribution in [3.8, 4) is 0 Å². The molecule has 4 fully saturated rings. The van der Waals surface area contributed by atoms with E-state index in [0.717, 1.165) is 45.3 Å². The van der Waals surface area contributed by atoms with Crippen molar-refractivity contribution in [3.05, 3.63) is 0 Å². The summed E-state index contributed by atoms with van der Waals surface area (Å²) in [6, 6.07) is 0.416. The van der Waals surface area contributed by atoms with Crippen LogP contribution in [0.25, 0.3) is 0 Å². The van der Waals surface area contributed by atoms with Gasteiger partial charge in [-0.1, -0.05) is 12.8 Å². The summed E-state index contributed by atoms with van der Waals surface area (Å²) in [5, 5.41) is 0. The molecule has 2 amide bonds. The van der Waals surface area contributed by atoms with Gasteiger partial charge in [-0.3, -0.25) is 9.59 Å². The van der Waals surface area contributed by atoms with Gasteiger partial charge in [0.25, 0.3) is 0 Å². The lowest BCUT2D eigenvalue weighted by Crippen LogP contribution is -2.61. The number of piperidine rings is 3. The molecule has 2 bridgehead atoms. The monoisotopic (exact) mass is 304 g/mol. The van der Waals surface area contributed by atoms with Crippen molar-refractivity contribution in [2.45, 2.75) is 63.8 Å². The van der Waals surface area contributed by atoms with Crippen LogP contribution in [-0.4, -0.2) is 47.3 Å². The quantitative estimate of drug-likeness (QED) is 0.786. The van der Waals surface area contributed by atoms with Gasteiger partial charge in [0.05, 0.1) is 0 Å². The largest absolute Gasteiger partial charge is 0.342 e. The van der Waals surface area contributed by atoms with E-state index in [1.54, 1.807) is 0 Å². The fourth-order valence-electron chi connectivity index (χ4n) is 5.40. The molecule has 3 atom stereocenters. The molecule has 4 heteroatoms. The fraction of sp³-hybridized carbons (Fsp3) is 0.889. The number of amides is 2. The molecule has 4 nitrogen and oxygen atoms in total. The summed E-state index contributed by atoms with van der Waals surface area (Å²) in [6.45, 7) is 2.68. The Bertz CT molecular complexity index is 458. The molecule has 1 saturated carbocycles. The molecule has 0 aromatic carbocycles. The Morgan fingerprint density at radius 3 is 2.68 bits per heavy atom. The van der Waals surface area contributed by atoms with E-state index in [4.69, 9.17) is 0 Å². The molecule has 0 N–H and O–H groups in total. The van der Waals surface area contributed by atoms with E-state index in [2.05, 4.69) is 9.80 Å². The summed E-state index contributed by atoms with van der Waals surface area (Å²) in [7, 11) is 0. The summed E-state index contributed by atoms with van der Waals surface area (Å²) < 4.78 is 0. The normalized spacial score (nSPS) is 35.6. The lowest BCUT2D eigenvalue weighted by atomic mass is 9.76. The molecule has 4 aliphatic rings. The van der Waals surface area contributed by atoms with Crippen molar-refractivity contribution >= 4 is 11.8 Å². The van der Waals surface area contributed by atoms with E-state index in [9.17, 15) is 9.59 Å². The zero-order valence-corrected chi connectivity index (χ0v) is 13.5. The lowest BCUT2D eigenvalue weighted by Gasteiger charge is -2.52. The molecular formula is C18H28N2O2. The van der Waals surface area contributed by atoms with Crippen molar-refractivity contribution in [3.63, 3.8) is 0 Å². The molecule has 0 spiro atoms. The number of fused-ring (bicyclic) bond motifs is 4. The van der Waals surface area contributed by atoms with Gasteiger partial charge in [-0.2, -0.15) is 0 Å². The van der Waals surface area contributed by atoms with Gasteiger partial charge >= 0.3 is 0 Å². The Balaban J connectivity index is 1.41. The number of likely N-dealkylation sites (tertiary alicyclic amines) is 1. The van der Waals surface area contributed by atoms with Crippen molar-refractivity contribution < 1.29 is 9.59 Å². The van der Waals surface area contributed by atoms with Gasteiger partial charge in [0, 0.05) is 38.5 Å². The standard InChI is InChI=1S/C18H28N2O2/c21-17-7-3-6-16-15-8-14(11-20(16)17)10-19(12-15)18(22)9-13-4-1-2-5-13/h13-16H,1-12H2/t14?,15?,16-/m1/s1. The van der Waals surface area contributed by atoms with E-state index >= 15 is 0 Å². The number of hydrogen-bond acceptors (Lipinski definition) is 2. The predicted molar refractivity (Wildman–Crippen MR) is 84.1 cm³/mol. The van der Waals surface area contributed by atoms with E-state index in [-0.39, 0.29) is 0 Å². The lowest BCUT2D eigenvalue weighted by molar-refractivity contribution is -0.149. The molecule has 1 aliphatic carbocycles. The maximum Gasteiger partial charge on any atom is 0.222 e. The molecule has 2 unspecified atom stereocenters. The van der Waals surface area contributed by atoms with E-state index in [1.807, 2.05) is 0 Å². The fourth-order valence-corrected chi connectivity index (χ4v) is 5.40. The maximum absolute atomic E-state index is 12.7. The van der Waals surface area contributed by atoms with Gasteiger partial charge in [0.2, 0.25) is 11.8 Å². The van der Waals surface area contributed by atoms with Crippen LogP contribution in [0.5, 0.6) is 0 Å². The summed E-state index contributed by atoms with van der Waals surface area (Å²) in [6.07, 6.45) is 10.0. The van der Waals surface area contributed by atoms with Gasteiger partial charge in [0.15, 0.2) is 0 Å². The Kier molecular flexibility index (Phi) is 3.87. The number of carbonyl (C=O) groups is 2. The van der Waals surface area contributed by atoms with Crippen LogP contribution in [0.4, 0.5) is 0 Å². The maximum atomic E-state index is 12.7. The van der Waals surface area contributed by atoms with Crippen LogP contribution >= 0.6 is 0 Å². The highest BCUT2D eigenvalue weighted by Gasteiger charge is 2.44. The number of carbonyl (C=O) groups excluding carboxylic acids is 2. The van der Waals surface area contributed by atoms with Crippen molar-refractivity contribution in [1.29, 1.82) is 0 Å². The number of hydrogen-bond donors (Lipinski definition) is 0. The molecule has 22 heavy (non-hydrogen) atoms. The van der Waals surface area contributed by atoms with E-state index in [0.29, 0.717) is 35.6 Å². The number of nitrogens with zero attached hydrogens (tertiary/aromatic N) is 2. The van der Waals surface area contributed by atoms with Crippen LogP contribution in [0, 0.1) is 17.8 Å². The highest BCUT2D eigenvalue weighted by atomic mass is 16.2. The van der Waals surface area contributed by atoms with Crippen LogP contribution in [0.3, 0.4) is 0 Å². The first-order chi connectivity index (χ1) is 10.7. The highest BCUT2D eigenvalue weighted by Crippen LogP contribution is 2.38. The van der Waals surface area contributed by atoms with Crippen LogP contribution in [0.15, 0.2) is 0 Å². The molecule has 0 radical (unpaired) electrons. The molecule has 4 rings (SSSR count). The summed E-state index contributed by atoms with van der Waals surface area (Å²) in [4.78, 5) is 29.1. The van der Waals surface area contributed by atoms with Gasteiger partial charge in [-0.15, -0.1) is 0 Å². The zero-order valence-electron chi connectivity index (χ0n) is 13.5. The average Bonchev–Trinajstić information content (AvgIpc) is 3.01. The van der Waals surface area contributed by atoms with Crippen LogP contribution in [0.1, 0.15) is 57.8 Å². The van der Waals surface area contributed by atoms with Crippen molar-refractivity contribution in [1.82, 2.24) is 9.80 Å². The minimum absolute atomic E-state index is 0.358. The van der Waals surface area contributed by atoms with Crippen molar-refractivity contribution in [2.24, 2.45) is 17.8 Å². The summed E-state index contributed by atoms with van der Waals surface area (Å²) in [5.41, 5.74) is 0. The topological polar surface area (TPSA) is 40.6 Å². The second kappa shape index (κ2) is 5.86. The Morgan fingerprint density at radius 2 is 1.86 bits per heavy atom. The van der Waals surface area contributed by atoms with Crippen LogP contribution in [-0.2, 0) is 9.59 Å². The summed E-state index contributed by atoms with van der Waals surface area (Å²) in [5.74, 6) is 2.43. The first-order valence-corrected chi connectivity index (χ1v) is 9.28. The molecule has 0 aromatic heterocycles. The average molecular weight is 304 g/mol. The Labute approximate surface area is 133 Å². The second-order valence-electron chi connectivity index (χ2n) is 8.02. The predicted octanol–water partition coefficient (Wildman–Crippen LogP) is 2.43. The van der Waals surface area contributed by atoms with Crippen molar-refractivity contribution in [2.75, 3.05) is 19.6 Å². The molecule has 3 aliphatic heterocycles. The Morgan fingerprint density at radius 1 is 1.05 bits per heavy atom. The van der Waals surface area contributed by atoms with E-state index < -0.39 is 0 Å².